The Bertz CT molecular complexity index is 927. The van der Waals surface area contributed by atoms with Crippen molar-refractivity contribution in [2.24, 2.45) is 0 Å². The SMILES string of the molecule is COc1ccc(SCC(=O)Nc2cc(S(=O)(=O)N(C)C)ccc2N(C)C)cc1. The smallest absolute Gasteiger partial charge is 0.242 e. The maximum absolute atomic E-state index is 12.4. The number of benzene rings is 2. The van der Waals surface area contributed by atoms with Crippen molar-refractivity contribution in [3.8, 4) is 5.75 Å². The molecule has 0 aliphatic rings. The monoisotopic (exact) mass is 423 g/mol. The Hall–Kier alpha value is -2.23. The molecule has 0 fully saturated rings. The quantitative estimate of drug-likeness (QED) is 0.658. The molecule has 2 aromatic carbocycles. The molecule has 152 valence electrons. The highest BCUT2D eigenvalue weighted by Gasteiger charge is 2.20. The van der Waals surface area contributed by atoms with E-state index in [2.05, 4.69) is 5.32 Å². The molecule has 1 N–H and O–H groups in total. The van der Waals surface area contributed by atoms with Crippen molar-refractivity contribution in [2.45, 2.75) is 9.79 Å². The Morgan fingerprint density at radius 2 is 1.71 bits per heavy atom. The van der Waals surface area contributed by atoms with Gasteiger partial charge in [-0.25, -0.2) is 12.7 Å². The molecular weight excluding hydrogens is 398 g/mol. The Balaban J connectivity index is 2.16. The van der Waals surface area contributed by atoms with Crippen LogP contribution in [-0.4, -0.2) is 59.7 Å². The average Bonchev–Trinajstić information content (AvgIpc) is 2.66. The van der Waals surface area contributed by atoms with Gasteiger partial charge in [-0.3, -0.25) is 4.79 Å². The molecule has 9 heteroatoms. The van der Waals surface area contributed by atoms with Crippen molar-refractivity contribution in [3.63, 3.8) is 0 Å². The van der Waals surface area contributed by atoms with Crippen LogP contribution in [0, 0.1) is 0 Å². The van der Waals surface area contributed by atoms with Crippen molar-refractivity contribution in [3.05, 3.63) is 42.5 Å². The zero-order chi connectivity index (χ0) is 20.9. The van der Waals surface area contributed by atoms with Gasteiger partial charge < -0.3 is 15.0 Å². The maximum atomic E-state index is 12.4. The molecule has 0 spiro atoms. The summed E-state index contributed by atoms with van der Waals surface area (Å²) < 4.78 is 31.1. The number of nitrogens with one attached hydrogen (secondary N) is 1. The number of hydrogen-bond acceptors (Lipinski definition) is 6. The first-order chi connectivity index (χ1) is 13.1. The lowest BCUT2D eigenvalue weighted by molar-refractivity contribution is -0.113. The van der Waals surface area contributed by atoms with Crippen molar-refractivity contribution >= 4 is 39.1 Å². The molecule has 0 saturated heterocycles. The lowest BCUT2D eigenvalue weighted by Gasteiger charge is -2.20. The largest absolute Gasteiger partial charge is 0.497 e. The highest BCUT2D eigenvalue weighted by Crippen LogP contribution is 2.29. The van der Waals surface area contributed by atoms with E-state index in [0.717, 1.165) is 20.6 Å². The number of ether oxygens (including phenoxy) is 1. The predicted molar refractivity (Wildman–Crippen MR) is 114 cm³/mol. The molecule has 0 heterocycles. The molecule has 2 rings (SSSR count). The van der Waals surface area contributed by atoms with E-state index in [1.54, 1.807) is 13.2 Å². The van der Waals surface area contributed by atoms with Gasteiger partial charge in [0.1, 0.15) is 5.75 Å². The Morgan fingerprint density at radius 1 is 1.07 bits per heavy atom. The van der Waals surface area contributed by atoms with E-state index < -0.39 is 10.0 Å². The molecule has 0 aromatic heterocycles. The summed E-state index contributed by atoms with van der Waals surface area (Å²) in [5, 5.41) is 2.83. The summed E-state index contributed by atoms with van der Waals surface area (Å²) in [6.07, 6.45) is 0. The first-order valence-corrected chi connectivity index (χ1v) is 10.9. The predicted octanol–water partition coefficient (Wildman–Crippen LogP) is 2.74. The second-order valence-corrected chi connectivity index (χ2v) is 9.57. The second-order valence-electron chi connectivity index (χ2n) is 6.37. The number of amides is 1. The van der Waals surface area contributed by atoms with Gasteiger partial charge in [0.25, 0.3) is 0 Å². The number of hydrogen-bond donors (Lipinski definition) is 1. The van der Waals surface area contributed by atoms with Crippen LogP contribution in [0.4, 0.5) is 11.4 Å². The summed E-state index contributed by atoms with van der Waals surface area (Å²) >= 11 is 1.39. The van der Waals surface area contributed by atoms with Crippen LogP contribution in [0.25, 0.3) is 0 Å². The number of methoxy groups -OCH3 is 1. The van der Waals surface area contributed by atoms with Gasteiger partial charge in [0.05, 0.1) is 29.1 Å². The third kappa shape index (κ3) is 5.40. The fraction of sp³-hybridized carbons (Fsp3) is 0.316. The van der Waals surface area contributed by atoms with Crippen LogP contribution in [0.15, 0.2) is 52.3 Å². The molecule has 0 unspecified atom stereocenters. The molecule has 1 amide bonds. The van der Waals surface area contributed by atoms with Gasteiger partial charge in [-0.05, 0) is 42.5 Å². The second kappa shape index (κ2) is 9.31. The topological polar surface area (TPSA) is 78.9 Å². The van der Waals surface area contributed by atoms with E-state index in [9.17, 15) is 13.2 Å². The number of sulfonamides is 1. The number of carbonyl (C=O) groups excluding carboxylic acids is 1. The third-order valence-electron chi connectivity index (χ3n) is 3.93. The van der Waals surface area contributed by atoms with Gasteiger partial charge in [0, 0.05) is 33.1 Å². The van der Waals surface area contributed by atoms with Crippen molar-refractivity contribution in [1.29, 1.82) is 0 Å². The molecule has 0 atom stereocenters. The van der Waals surface area contributed by atoms with Gasteiger partial charge in [-0.15, -0.1) is 11.8 Å². The third-order valence-corrected chi connectivity index (χ3v) is 6.75. The minimum atomic E-state index is -3.59. The molecule has 0 bridgehead atoms. The molecule has 0 aliphatic heterocycles. The maximum Gasteiger partial charge on any atom is 0.242 e. The van der Waals surface area contributed by atoms with Crippen LogP contribution < -0.4 is 15.0 Å². The van der Waals surface area contributed by atoms with Gasteiger partial charge >= 0.3 is 0 Å². The van der Waals surface area contributed by atoms with Crippen molar-refractivity contribution in [2.75, 3.05) is 51.3 Å². The summed E-state index contributed by atoms with van der Waals surface area (Å²) in [7, 11) is 4.61. The van der Waals surface area contributed by atoms with Crippen LogP contribution in [-0.2, 0) is 14.8 Å². The molecule has 0 saturated carbocycles. The molecule has 2 aromatic rings. The summed E-state index contributed by atoms with van der Waals surface area (Å²) in [5.41, 5.74) is 1.17. The zero-order valence-electron chi connectivity index (χ0n) is 16.6. The number of thioether (sulfide) groups is 1. The fourth-order valence-electron chi connectivity index (χ4n) is 2.38. The number of carbonyl (C=O) groups is 1. The highest BCUT2D eigenvalue weighted by atomic mass is 32.2. The van der Waals surface area contributed by atoms with Crippen molar-refractivity contribution < 1.29 is 17.9 Å². The van der Waals surface area contributed by atoms with Gasteiger partial charge in [-0.2, -0.15) is 0 Å². The van der Waals surface area contributed by atoms with Crippen LogP contribution in [0.2, 0.25) is 0 Å². The van der Waals surface area contributed by atoms with E-state index in [-0.39, 0.29) is 16.6 Å². The summed E-state index contributed by atoms with van der Waals surface area (Å²) in [4.78, 5) is 15.3. The van der Waals surface area contributed by atoms with Gasteiger partial charge in [0.2, 0.25) is 15.9 Å². The first-order valence-electron chi connectivity index (χ1n) is 8.45. The first kappa shape index (κ1) is 22.1. The summed E-state index contributed by atoms with van der Waals surface area (Å²) in [6.45, 7) is 0. The minimum absolute atomic E-state index is 0.126. The Labute approximate surface area is 170 Å². The van der Waals surface area contributed by atoms with Crippen LogP contribution in [0.1, 0.15) is 0 Å². The molecule has 0 radical (unpaired) electrons. The standard InChI is InChI=1S/C19H25N3O4S2/c1-21(2)18-11-10-16(28(24,25)22(3)4)12-17(18)20-19(23)13-27-15-8-6-14(26-5)7-9-15/h6-12H,13H2,1-5H3,(H,20,23). The zero-order valence-corrected chi connectivity index (χ0v) is 18.2. The molecule has 7 nitrogen and oxygen atoms in total. The van der Waals surface area contributed by atoms with E-state index >= 15 is 0 Å². The van der Waals surface area contributed by atoms with E-state index in [1.165, 1.54) is 38.0 Å². The fourth-order valence-corrected chi connectivity index (χ4v) is 4.01. The van der Waals surface area contributed by atoms with Gasteiger partial charge in [-0.1, -0.05) is 0 Å². The van der Waals surface area contributed by atoms with Crippen molar-refractivity contribution in [1.82, 2.24) is 4.31 Å². The number of nitrogens with zero attached hydrogens (tertiary/aromatic N) is 2. The normalized spacial score (nSPS) is 11.4. The van der Waals surface area contributed by atoms with Crippen LogP contribution >= 0.6 is 11.8 Å². The lowest BCUT2D eigenvalue weighted by Crippen LogP contribution is -2.23. The Kier molecular flexibility index (Phi) is 7.34. The molecule has 28 heavy (non-hydrogen) atoms. The van der Waals surface area contributed by atoms with Crippen LogP contribution in [0.3, 0.4) is 0 Å². The molecule has 0 aliphatic carbocycles. The number of rotatable bonds is 8. The van der Waals surface area contributed by atoms with E-state index in [0.29, 0.717) is 5.69 Å². The van der Waals surface area contributed by atoms with Crippen LogP contribution in [0.5, 0.6) is 5.75 Å². The molecular formula is C19H25N3O4S2. The van der Waals surface area contributed by atoms with Gasteiger partial charge in [0.15, 0.2) is 0 Å². The lowest BCUT2D eigenvalue weighted by atomic mass is 10.2. The van der Waals surface area contributed by atoms with E-state index in [4.69, 9.17) is 4.74 Å². The Morgan fingerprint density at radius 3 is 2.25 bits per heavy atom. The summed E-state index contributed by atoms with van der Waals surface area (Å²) in [6, 6.07) is 12.1. The average molecular weight is 424 g/mol. The summed E-state index contributed by atoms with van der Waals surface area (Å²) in [5.74, 6) is 0.732. The van der Waals surface area contributed by atoms with E-state index in [1.807, 2.05) is 43.3 Å². The number of anilines is 2. The highest BCUT2D eigenvalue weighted by molar-refractivity contribution is 8.00. The minimum Gasteiger partial charge on any atom is -0.497 e.